The molecule has 0 radical (unpaired) electrons. The van der Waals surface area contributed by atoms with Crippen LogP contribution in [-0.2, 0) is 4.79 Å². The van der Waals surface area contributed by atoms with Crippen molar-refractivity contribution in [3.05, 3.63) is 0 Å². The number of nitrogens with one attached hydrogen (secondary N) is 1. The molecule has 1 atom stereocenters. The van der Waals surface area contributed by atoms with Crippen LogP contribution in [0.2, 0.25) is 0 Å². The second-order valence-corrected chi connectivity index (χ2v) is 4.47. The molecule has 0 aromatic heterocycles. The van der Waals surface area contributed by atoms with Gasteiger partial charge in [-0.25, -0.2) is 0 Å². The Hall–Kier alpha value is -0.220. The lowest BCUT2D eigenvalue weighted by Crippen LogP contribution is -2.47. The van der Waals surface area contributed by atoms with Crippen molar-refractivity contribution in [2.45, 2.75) is 32.2 Å². The number of carboxylic acids is 1. The van der Waals surface area contributed by atoms with Gasteiger partial charge in [-0.2, -0.15) is 11.8 Å². The molecule has 2 N–H and O–H groups in total. The zero-order chi connectivity index (χ0) is 10.3. The minimum absolute atomic E-state index is 0.670. The number of carbonyl (C=O) groups is 1. The summed E-state index contributed by atoms with van der Waals surface area (Å²) < 4.78 is 0. The lowest BCUT2D eigenvalue weighted by Gasteiger charge is -2.23. The van der Waals surface area contributed by atoms with E-state index in [0.29, 0.717) is 6.42 Å². The van der Waals surface area contributed by atoms with Gasteiger partial charge in [0.2, 0.25) is 0 Å². The van der Waals surface area contributed by atoms with E-state index in [1.807, 2.05) is 11.8 Å². The maximum absolute atomic E-state index is 10.8. The molecule has 0 bridgehead atoms. The molecular weight excluding hydrogens is 186 g/mol. The molecule has 0 aliphatic rings. The van der Waals surface area contributed by atoms with E-state index in [1.54, 1.807) is 14.0 Å². The van der Waals surface area contributed by atoms with E-state index >= 15 is 0 Å². The predicted octanol–water partition coefficient (Wildman–Crippen LogP) is 1.58. The highest BCUT2D eigenvalue weighted by Crippen LogP contribution is 2.14. The molecule has 0 aliphatic heterocycles. The fourth-order valence-electron chi connectivity index (χ4n) is 0.862. The molecular formula is C9H19NO2S. The van der Waals surface area contributed by atoms with Crippen LogP contribution in [0, 0.1) is 0 Å². The van der Waals surface area contributed by atoms with Crippen molar-refractivity contribution >= 4 is 17.7 Å². The smallest absolute Gasteiger partial charge is 0.323 e. The van der Waals surface area contributed by atoms with Crippen LogP contribution in [-0.4, -0.2) is 35.2 Å². The number of hydrogen-bond donors (Lipinski definition) is 2. The third-order valence-electron chi connectivity index (χ3n) is 2.12. The first kappa shape index (κ1) is 12.8. The maximum atomic E-state index is 10.8. The molecule has 0 aromatic carbocycles. The van der Waals surface area contributed by atoms with Gasteiger partial charge in [-0.05, 0) is 38.3 Å². The monoisotopic (exact) mass is 205 g/mol. The van der Waals surface area contributed by atoms with Crippen LogP contribution < -0.4 is 5.32 Å². The van der Waals surface area contributed by atoms with Crippen molar-refractivity contribution in [2.24, 2.45) is 0 Å². The van der Waals surface area contributed by atoms with Crippen LogP contribution in [0.5, 0.6) is 0 Å². The van der Waals surface area contributed by atoms with Gasteiger partial charge in [-0.1, -0.05) is 6.92 Å². The predicted molar refractivity (Wildman–Crippen MR) is 57.3 cm³/mol. The SMILES string of the molecule is CCCSCCC(C)(NC)C(=O)O. The number of hydrogen-bond acceptors (Lipinski definition) is 3. The van der Waals surface area contributed by atoms with Crippen molar-refractivity contribution in [2.75, 3.05) is 18.6 Å². The summed E-state index contributed by atoms with van der Waals surface area (Å²) in [5, 5.41) is 11.8. The third-order valence-corrected chi connectivity index (χ3v) is 3.31. The third kappa shape index (κ3) is 4.52. The Morgan fingerprint density at radius 3 is 2.54 bits per heavy atom. The molecule has 1 unspecified atom stereocenters. The zero-order valence-corrected chi connectivity index (χ0v) is 9.41. The van der Waals surface area contributed by atoms with Crippen molar-refractivity contribution in [3.8, 4) is 0 Å². The van der Waals surface area contributed by atoms with Crippen molar-refractivity contribution in [3.63, 3.8) is 0 Å². The van der Waals surface area contributed by atoms with E-state index < -0.39 is 11.5 Å². The van der Waals surface area contributed by atoms with E-state index in [2.05, 4.69) is 12.2 Å². The zero-order valence-electron chi connectivity index (χ0n) is 8.59. The van der Waals surface area contributed by atoms with Gasteiger partial charge in [0, 0.05) is 0 Å². The topological polar surface area (TPSA) is 49.3 Å². The lowest BCUT2D eigenvalue weighted by atomic mass is 10.00. The van der Waals surface area contributed by atoms with Crippen LogP contribution in [0.4, 0.5) is 0 Å². The summed E-state index contributed by atoms with van der Waals surface area (Å²) in [7, 11) is 1.69. The molecule has 0 saturated heterocycles. The molecule has 0 saturated carbocycles. The average molecular weight is 205 g/mol. The average Bonchev–Trinajstić information content (AvgIpc) is 2.12. The summed E-state index contributed by atoms with van der Waals surface area (Å²) in [5.41, 5.74) is -0.763. The molecule has 3 nitrogen and oxygen atoms in total. The van der Waals surface area contributed by atoms with Gasteiger partial charge in [0.05, 0.1) is 0 Å². The molecule has 78 valence electrons. The van der Waals surface area contributed by atoms with Crippen LogP contribution in [0.25, 0.3) is 0 Å². The number of likely N-dealkylation sites (N-methyl/N-ethyl adjacent to an activating group) is 1. The maximum Gasteiger partial charge on any atom is 0.323 e. The van der Waals surface area contributed by atoms with E-state index in [1.165, 1.54) is 0 Å². The van der Waals surface area contributed by atoms with E-state index in [9.17, 15) is 4.79 Å². The standard InChI is InChI=1S/C9H19NO2S/c1-4-6-13-7-5-9(2,10-3)8(11)12/h10H,4-7H2,1-3H3,(H,11,12). The summed E-state index contributed by atoms with van der Waals surface area (Å²) in [6.45, 7) is 3.85. The van der Waals surface area contributed by atoms with Gasteiger partial charge < -0.3 is 10.4 Å². The van der Waals surface area contributed by atoms with Crippen molar-refractivity contribution < 1.29 is 9.90 Å². The van der Waals surface area contributed by atoms with Gasteiger partial charge in [0.25, 0.3) is 0 Å². The van der Waals surface area contributed by atoms with Crippen molar-refractivity contribution in [1.82, 2.24) is 5.32 Å². The Morgan fingerprint density at radius 1 is 1.54 bits per heavy atom. The van der Waals surface area contributed by atoms with Crippen LogP contribution in [0.15, 0.2) is 0 Å². The highest BCUT2D eigenvalue weighted by molar-refractivity contribution is 7.99. The van der Waals surface area contributed by atoms with Gasteiger partial charge >= 0.3 is 5.97 Å². The summed E-state index contributed by atoms with van der Waals surface area (Å²) in [4.78, 5) is 10.8. The van der Waals surface area contributed by atoms with Gasteiger partial charge in [-0.3, -0.25) is 4.79 Å². The normalized spacial score (nSPS) is 15.3. The molecule has 0 aliphatic carbocycles. The summed E-state index contributed by atoms with van der Waals surface area (Å²) >= 11 is 1.81. The Balaban J connectivity index is 3.78. The molecule has 0 aromatic rings. The number of rotatable bonds is 7. The quantitative estimate of drug-likeness (QED) is 0.620. The molecule has 0 fully saturated rings. The van der Waals surface area contributed by atoms with Crippen LogP contribution in [0.3, 0.4) is 0 Å². The molecule has 0 rings (SSSR count). The summed E-state index contributed by atoms with van der Waals surface area (Å²) in [5.74, 6) is 1.24. The largest absolute Gasteiger partial charge is 0.480 e. The first-order chi connectivity index (χ1) is 6.06. The fourth-order valence-corrected chi connectivity index (χ4v) is 1.91. The summed E-state index contributed by atoms with van der Waals surface area (Å²) in [6, 6.07) is 0. The molecule has 13 heavy (non-hydrogen) atoms. The molecule has 0 spiro atoms. The van der Waals surface area contributed by atoms with Crippen molar-refractivity contribution in [1.29, 1.82) is 0 Å². The van der Waals surface area contributed by atoms with E-state index in [-0.39, 0.29) is 0 Å². The van der Waals surface area contributed by atoms with Gasteiger partial charge in [0.15, 0.2) is 0 Å². The number of carboxylic acid groups (broad SMARTS) is 1. The van der Waals surface area contributed by atoms with Gasteiger partial charge in [0.1, 0.15) is 5.54 Å². The van der Waals surface area contributed by atoms with Crippen LogP contribution in [0.1, 0.15) is 26.7 Å². The van der Waals surface area contributed by atoms with Crippen LogP contribution >= 0.6 is 11.8 Å². The van der Waals surface area contributed by atoms with Gasteiger partial charge in [-0.15, -0.1) is 0 Å². The number of aliphatic carboxylic acids is 1. The molecule has 0 heterocycles. The highest BCUT2D eigenvalue weighted by Gasteiger charge is 2.30. The first-order valence-electron chi connectivity index (χ1n) is 4.57. The number of thioether (sulfide) groups is 1. The van der Waals surface area contributed by atoms with E-state index in [0.717, 1.165) is 17.9 Å². The second kappa shape index (κ2) is 6.27. The Bertz CT molecular complexity index is 164. The summed E-state index contributed by atoms with van der Waals surface area (Å²) in [6.07, 6.45) is 1.82. The fraction of sp³-hybridized carbons (Fsp3) is 0.889. The minimum atomic E-state index is -0.771. The first-order valence-corrected chi connectivity index (χ1v) is 5.72. The molecule has 0 amide bonds. The second-order valence-electron chi connectivity index (χ2n) is 3.25. The Morgan fingerprint density at radius 2 is 2.15 bits per heavy atom. The minimum Gasteiger partial charge on any atom is -0.480 e. The molecule has 4 heteroatoms. The highest BCUT2D eigenvalue weighted by atomic mass is 32.2. The van der Waals surface area contributed by atoms with E-state index in [4.69, 9.17) is 5.11 Å². The Labute approximate surface area is 84.3 Å². The lowest BCUT2D eigenvalue weighted by molar-refractivity contribution is -0.144. The Kier molecular flexibility index (Phi) is 6.16.